The highest BCUT2D eigenvalue weighted by molar-refractivity contribution is 7.91. The van der Waals surface area contributed by atoms with Crippen molar-refractivity contribution in [2.24, 2.45) is 5.73 Å². The van der Waals surface area contributed by atoms with Crippen LogP contribution in [-0.2, 0) is 16.4 Å². The van der Waals surface area contributed by atoms with E-state index in [0.717, 1.165) is 17.7 Å². The van der Waals surface area contributed by atoms with E-state index in [-0.39, 0.29) is 17.4 Å². The summed E-state index contributed by atoms with van der Waals surface area (Å²) in [4.78, 5) is 0. The molecule has 1 atom stereocenters. The summed E-state index contributed by atoms with van der Waals surface area (Å²) in [7, 11) is -2.92. The number of sulfone groups is 1. The third-order valence-corrected chi connectivity index (χ3v) is 4.87. The van der Waals surface area contributed by atoms with Gasteiger partial charge in [-0.3, -0.25) is 0 Å². The van der Waals surface area contributed by atoms with Crippen LogP contribution in [0.2, 0.25) is 0 Å². The molecule has 2 heterocycles. The molecule has 1 unspecified atom stereocenters. The Kier molecular flexibility index (Phi) is 3.03. The average molecular weight is 244 g/mol. The van der Waals surface area contributed by atoms with Crippen LogP contribution in [0, 0.1) is 6.92 Å². The lowest BCUT2D eigenvalue weighted by atomic mass is 9.98. The minimum atomic E-state index is -2.92. The van der Waals surface area contributed by atoms with Crippen molar-refractivity contribution >= 4 is 9.84 Å². The number of aromatic nitrogens is 1. The summed E-state index contributed by atoms with van der Waals surface area (Å²) in [5, 5.41) is 3.86. The molecule has 0 spiro atoms. The lowest BCUT2D eigenvalue weighted by Crippen LogP contribution is -2.24. The highest BCUT2D eigenvalue weighted by Gasteiger charge is 2.30. The Labute approximate surface area is 94.9 Å². The van der Waals surface area contributed by atoms with Gasteiger partial charge < -0.3 is 10.3 Å². The largest absolute Gasteiger partial charge is 0.360 e. The molecule has 2 N–H and O–H groups in total. The summed E-state index contributed by atoms with van der Waals surface area (Å²) in [5.41, 5.74) is 7.25. The number of nitrogens with two attached hydrogens (primary N) is 1. The summed E-state index contributed by atoms with van der Waals surface area (Å²) >= 11 is 0. The van der Waals surface area contributed by atoms with Crippen LogP contribution in [0.5, 0.6) is 0 Å². The Balaban J connectivity index is 2.30. The molecule has 0 saturated carbocycles. The summed E-state index contributed by atoms with van der Waals surface area (Å²) in [6.45, 7) is 2.17. The van der Waals surface area contributed by atoms with Gasteiger partial charge in [0.05, 0.1) is 17.2 Å². The maximum absolute atomic E-state index is 11.5. The topological polar surface area (TPSA) is 86.2 Å². The monoisotopic (exact) mass is 244 g/mol. The quantitative estimate of drug-likeness (QED) is 0.829. The van der Waals surface area contributed by atoms with Crippen molar-refractivity contribution in [3.63, 3.8) is 0 Å². The van der Waals surface area contributed by atoms with Gasteiger partial charge >= 0.3 is 0 Å². The molecule has 0 radical (unpaired) electrons. The Morgan fingerprint density at radius 1 is 1.56 bits per heavy atom. The normalized spacial score (nSPS) is 24.5. The molecule has 2 rings (SSSR count). The molecule has 5 nitrogen and oxygen atoms in total. The van der Waals surface area contributed by atoms with Crippen molar-refractivity contribution in [3.05, 3.63) is 17.0 Å². The van der Waals surface area contributed by atoms with E-state index in [1.54, 1.807) is 0 Å². The predicted molar refractivity (Wildman–Crippen MR) is 59.8 cm³/mol. The van der Waals surface area contributed by atoms with E-state index in [4.69, 9.17) is 10.3 Å². The molecule has 6 heteroatoms. The highest BCUT2D eigenvalue weighted by atomic mass is 32.2. The summed E-state index contributed by atoms with van der Waals surface area (Å²) in [6, 6.07) is 0. The molecular weight excluding hydrogens is 228 g/mol. The van der Waals surface area contributed by atoms with Crippen LogP contribution in [0.3, 0.4) is 0 Å². The molecule has 1 aliphatic rings. The maximum atomic E-state index is 11.5. The van der Waals surface area contributed by atoms with Crippen LogP contribution in [0.15, 0.2) is 4.52 Å². The molecule has 0 bridgehead atoms. The van der Waals surface area contributed by atoms with Crippen molar-refractivity contribution in [1.82, 2.24) is 5.16 Å². The lowest BCUT2D eigenvalue weighted by Gasteiger charge is -2.20. The first-order chi connectivity index (χ1) is 7.53. The molecule has 1 aliphatic heterocycles. The van der Waals surface area contributed by atoms with Crippen LogP contribution < -0.4 is 5.73 Å². The first-order valence-corrected chi connectivity index (χ1v) is 7.21. The predicted octanol–water partition coefficient (Wildman–Crippen LogP) is 0.734. The van der Waals surface area contributed by atoms with Gasteiger partial charge in [-0.05, 0) is 19.8 Å². The van der Waals surface area contributed by atoms with Crippen molar-refractivity contribution in [2.75, 3.05) is 11.5 Å². The minimum Gasteiger partial charge on any atom is -0.360 e. The fourth-order valence-electron chi connectivity index (χ4n) is 2.20. The zero-order valence-electron chi connectivity index (χ0n) is 9.27. The van der Waals surface area contributed by atoms with Gasteiger partial charge in [0.15, 0.2) is 9.84 Å². The average Bonchev–Trinajstić information content (AvgIpc) is 2.58. The van der Waals surface area contributed by atoms with E-state index in [0.29, 0.717) is 18.7 Å². The van der Waals surface area contributed by atoms with Crippen molar-refractivity contribution in [3.8, 4) is 0 Å². The van der Waals surface area contributed by atoms with Gasteiger partial charge in [0.2, 0.25) is 0 Å². The van der Waals surface area contributed by atoms with Crippen molar-refractivity contribution in [2.45, 2.75) is 32.2 Å². The molecule has 16 heavy (non-hydrogen) atoms. The standard InChI is InChI=1S/C10H16N2O3S/c1-7-9(5-11)10(15-12-7)8-3-2-4-16(13,14)6-8/h8H,2-6,11H2,1H3. The second-order valence-corrected chi connectivity index (χ2v) is 6.50. The van der Waals surface area contributed by atoms with Gasteiger partial charge in [0, 0.05) is 18.0 Å². The molecule has 1 aromatic rings. The molecule has 1 aromatic heterocycles. The van der Waals surface area contributed by atoms with E-state index < -0.39 is 9.84 Å². The zero-order chi connectivity index (χ0) is 11.8. The fraction of sp³-hybridized carbons (Fsp3) is 0.700. The minimum absolute atomic E-state index is 0.0708. The van der Waals surface area contributed by atoms with Crippen LogP contribution in [-0.4, -0.2) is 25.1 Å². The number of rotatable bonds is 2. The third-order valence-electron chi connectivity index (χ3n) is 3.05. The second kappa shape index (κ2) is 4.18. The summed E-state index contributed by atoms with van der Waals surface area (Å²) in [5.74, 6) is 1.05. The van der Waals surface area contributed by atoms with Crippen LogP contribution in [0.25, 0.3) is 0 Å². The van der Waals surface area contributed by atoms with E-state index in [2.05, 4.69) is 5.16 Å². The maximum Gasteiger partial charge on any atom is 0.151 e. The molecule has 90 valence electrons. The van der Waals surface area contributed by atoms with Gasteiger partial charge in [-0.2, -0.15) is 0 Å². The first-order valence-electron chi connectivity index (χ1n) is 5.39. The van der Waals surface area contributed by atoms with Gasteiger partial charge in [-0.1, -0.05) is 5.16 Å². The smallest absolute Gasteiger partial charge is 0.151 e. The van der Waals surface area contributed by atoms with Gasteiger partial charge in [0.25, 0.3) is 0 Å². The van der Waals surface area contributed by atoms with Crippen LogP contribution >= 0.6 is 0 Å². The third kappa shape index (κ3) is 2.12. The molecule has 0 aromatic carbocycles. The molecule has 1 saturated heterocycles. The Bertz CT molecular complexity index is 478. The fourth-order valence-corrected chi connectivity index (χ4v) is 3.91. The van der Waals surface area contributed by atoms with Crippen LogP contribution in [0.1, 0.15) is 35.8 Å². The number of hydrogen-bond donors (Lipinski definition) is 1. The second-order valence-electron chi connectivity index (χ2n) is 4.27. The Hall–Kier alpha value is -0.880. The van der Waals surface area contributed by atoms with E-state index in [1.165, 1.54) is 0 Å². The van der Waals surface area contributed by atoms with Crippen molar-refractivity contribution in [1.29, 1.82) is 0 Å². The first kappa shape index (κ1) is 11.6. The number of hydrogen-bond acceptors (Lipinski definition) is 5. The van der Waals surface area contributed by atoms with Gasteiger partial charge in [0.1, 0.15) is 5.76 Å². The molecule has 0 amide bonds. The Morgan fingerprint density at radius 2 is 2.31 bits per heavy atom. The summed E-state index contributed by atoms with van der Waals surface area (Å²) in [6.07, 6.45) is 1.53. The highest BCUT2D eigenvalue weighted by Crippen LogP contribution is 2.31. The van der Waals surface area contributed by atoms with Crippen molar-refractivity contribution < 1.29 is 12.9 Å². The molecule has 0 aliphatic carbocycles. The zero-order valence-corrected chi connectivity index (χ0v) is 10.1. The SMILES string of the molecule is Cc1noc(C2CCCS(=O)(=O)C2)c1CN. The lowest BCUT2D eigenvalue weighted by molar-refractivity contribution is 0.352. The molecular formula is C10H16N2O3S. The molecule has 1 fully saturated rings. The van der Waals surface area contributed by atoms with Crippen LogP contribution in [0.4, 0.5) is 0 Å². The van der Waals surface area contributed by atoms with E-state index >= 15 is 0 Å². The van der Waals surface area contributed by atoms with Gasteiger partial charge in [-0.25, -0.2) is 8.42 Å². The Morgan fingerprint density at radius 3 is 2.94 bits per heavy atom. The number of aryl methyl sites for hydroxylation is 1. The van der Waals surface area contributed by atoms with E-state index in [9.17, 15) is 8.42 Å². The summed E-state index contributed by atoms with van der Waals surface area (Å²) < 4.78 is 28.3. The number of nitrogens with zero attached hydrogens (tertiary/aromatic N) is 1. The van der Waals surface area contributed by atoms with E-state index in [1.807, 2.05) is 6.92 Å². The van der Waals surface area contributed by atoms with Gasteiger partial charge in [-0.15, -0.1) is 0 Å².